The number of amides is 2. The molecule has 1 aliphatic heterocycles. The number of carbonyl (C=O) groups excluding carboxylic acids is 3. The van der Waals surface area contributed by atoms with Crippen LogP contribution in [-0.2, 0) is 15.1 Å². The van der Waals surface area contributed by atoms with E-state index in [0.29, 0.717) is 56.2 Å². The minimum absolute atomic E-state index is 0.00278. The summed E-state index contributed by atoms with van der Waals surface area (Å²) in [6.45, 7) is 7.11. The number of thiophene rings is 1. The standard InChI is InChI=1S/C30H38N6O4S/c1-15(2)40-18-7-8-19(16(3)12-18)30(33)20-9-10-21(31)26-23(20)24(25(32)28(30)38)27(41-26)29(39)35-17-6-5-11-36(14-17)22(37)13-34-4/h7-10,12,15,17,25,34H,5-6,11,13-14,31-33H2,1-4H3,(H,35,39). The number of rotatable bonds is 7. The number of aryl methyl sites for hydroxylation is 1. The van der Waals surface area contributed by atoms with Crippen molar-refractivity contribution < 1.29 is 19.1 Å². The van der Waals surface area contributed by atoms with Gasteiger partial charge in [-0.3, -0.25) is 14.4 Å². The third-order valence-electron chi connectivity index (χ3n) is 7.95. The number of carbonyl (C=O) groups is 3. The van der Waals surface area contributed by atoms with Gasteiger partial charge in [0.15, 0.2) is 5.78 Å². The van der Waals surface area contributed by atoms with Crippen molar-refractivity contribution in [1.82, 2.24) is 15.5 Å². The quantitative estimate of drug-likeness (QED) is 0.266. The van der Waals surface area contributed by atoms with Crippen molar-refractivity contribution >= 4 is 44.7 Å². The molecule has 0 radical (unpaired) electrons. The van der Waals surface area contributed by atoms with Gasteiger partial charge in [0.25, 0.3) is 5.91 Å². The average Bonchev–Trinajstić information content (AvgIpc) is 3.33. The molecule has 2 amide bonds. The molecule has 3 aromatic rings. The number of hydrogen-bond donors (Lipinski definition) is 5. The first-order chi connectivity index (χ1) is 19.5. The highest BCUT2D eigenvalue weighted by Gasteiger charge is 2.49. The highest BCUT2D eigenvalue weighted by atomic mass is 32.1. The molecule has 5 rings (SSSR count). The highest BCUT2D eigenvalue weighted by molar-refractivity contribution is 7.21. The number of nitrogen functional groups attached to an aromatic ring is 1. The van der Waals surface area contributed by atoms with Gasteiger partial charge in [-0.05, 0) is 75.5 Å². The second-order valence-corrected chi connectivity index (χ2v) is 12.2. The Kier molecular flexibility index (Phi) is 7.82. The summed E-state index contributed by atoms with van der Waals surface area (Å²) in [5.74, 6) is -0.0555. The Labute approximate surface area is 243 Å². The summed E-state index contributed by atoms with van der Waals surface area (Å²) in [6.07, 6.45) is 1.53. The van der Waals surface area contributed by atoms with Crippen LogP contribution in [0.4, 0.5) is 5.69 Å². The zero-order valence-corrected chi connectivity index (χ0v) is 24.7. The Hall–Kier alpha value is -3.51. The molecule has 0 bridgehead atoms. The minimum atomic E-state index is -1.54. The number of benzene rings is 2. The minimum Gasteiger partial charge on any atom is -0.491 e. The Morgan fingerprint density at radius 1 is 1.22 bits per heavy atom. The van der Waals surface area contributed by atoms with E-state index in [0.717, 1.165) is 18.4 Å². The summed E-state index contributed by atoms with van der Waals surface area (Å²) in [4.78, 5) is 42.3. The third kappa shape index (κ3) is 4.97. The van der Waals surface area contributed by atoms with E-state index < -0.39 is 17.4 Å². The van der Waals surface area contributed by atoms with E-state index >= 15 is 0 Å². The van der Waals surface area contributed by atoms with E-state index in [-0.39, 0.29) is 30.5 Å². The first-order valence-corrected chi connectivity index (χ1v) is 14.7. The lowest BCUT2D eigenvalue weighted by Crippen LogP contribution is -2.53. The summed E-state index contributed by atoms with van der Waals surface area (Å²) in [5, 5.41) is 6.63. The van der Waals surface area contributed by atoms with Gasteiger partial charge in [0, 0.05) is 35.8 Å². The first-order valence-electron chi connectivity index (χ1n) is 13.9. The molecule has 0 spiro atoms. The van der Waals surface area contributed by atoms with Gasteiger partial charge in [-0.25, -0.2) is 0 Å². The van der Waals surface area contributed by atoms with Gasteiger partial charge >= 0.3 is 0 Å². The predicted molar refractivity (Wildman–Crippen MR) is 161 cm³/mol. The zero-order chi connectivity index (χ0) is 29.6. The van der Waals surface area contributed by atoms with Crippen LogP contribution in [0.25, 0.3) is 10.1 Å². The zero-order valence-electron chi connectivity index (χ0n) is 23.9. The van der Waals surface area contributed by atoms with E-state index in [9.17, 15) is 14.4 Å². The molecule has 2 aliphatic rings. The predicted octanol–water partition coefficient (Wildman–Crippen LogP) is 2.30. The normalized spacial score (nSPS) is 22.3. The maximum Gasteiger partial charge on any atom is 0.262 e. The third-order valence-corrected chi connectivity index (χ3v) is 9.20. The summed E-state index contributed by atoms with van der Waals surface area (Å²) in [5.41, 5.74) is 21.5. The largest absolute Gasteiger partial charge is 0.491 e. The van der Waals surface area contributed by atoms with Gasteiger partial charge in [0.2, 0.25) is 5.91 Å². The first kappa shape index (κ1) is 29.0. The lowest BCUT2D eigenvalue weighted by Gasteiger charge is -2.37. The van der Waals surface area contributed by atoms with Crippen LogP contribution < -0.4 is 32.6 Å². The molecule has 1 aromatic heterocycles. The van der Waals surface area contributed by atoms with Crippen LogP contribution in [0.1, 0.15) is 64.7 Å². The molecule has 3 atom stereocenters. The molecule has 1 fully saturated rings. The number of ketones is 1. The fourth-order valence-electron chi connectivity index (χ4n) is 6.09. The molecular weight excluding hydrogens is 540 g/mol. The van der Waals surface area contributed by atoms with Crippen molar-refractivity contribution in [3.63, 3.8) is 0 Å². The number of piperidine rings is 1. The van der Waals surface area contributed by atoms with Crippen molar-refractivity contribution in [3.05, 3.63) is 57.5 Å². The van der Waals surface area contributed by atoms with Crippen LogP contribution in [0.5, 0.6) is 5.75 Å². The van der Waals surface area contributed by atoms with Gasteiger partial charge in [0.05, 0.1) is 28.3 Å². The number of Topliss-reactive ketones (excluding diaryl/α,β-unsaturated/α-hetero) is 1. The molecule has 8 N–H and O–H groups in total. The number of anilines is 1. The van der Waals surface area contributed by atoms with Crippen LogP contribution in [-0.4, -0.2) is 61.3 Å². The van der Waals surface area contributed by atoms with Gasteiger partial charge < -0.3 is 37.5 Å². The lowest BCUT2D eigenvalue weighted by molar-refractivity contribution is -0.131. The molecule has 1 saturated heterocycles. The molecular formula is C30H38N6O4S. The molecule has 1 aliphatic carbocycles. The van der Waals surface area contributed by atoms with E-state index in [2.05, 4.69) is 10.6 Å². The molecule has 2 aromatic carbocycles. The number of likely N-dealkylation sites (tertiary alicyclic amines) is 1. The number of nitrogens with one attached hydrogen (secondary N) is 2. The van der Waals surface area contributed by atoms with Crippen molar-refractivity contribution in [1.29, 1.82) is 0 Å². The maximum absolute atomic E-state index is 14.1. The average molecular weight is 579 g/mol. The topological polar surface area (TPSA) is 166 Å². The molecule has 2 heterocycles. The maximum atomic E-state index is 14.1. The number of nitrogens with zero attached hydrogens (tertiary/aromatic N) is 1. The Bertz CT molecular complexity index is 1530. The lowest BCUT2D eigenvalue weighted by atomic mass is 9.69. The fraction of sp³-hybridized carbons (Fsp3) is 0.433. The van der Waals surface area contributed by atoms with Gasteiger partial charge in [-0.2, -0.15) is 0 Å². The van der Waals surface area contributed by atoms with E-state index in [1.165, 1.54) is 11.3 Å². The van der Waals surface area contributed by atoms with Crippen molar-refractivity contribution in [3.8, 4) is 5.75 Å². The van der Waals surface area contributed by atoms with Gasteiger partial charge in [-0.1, -0.05) is 12.1 Å². The van der Waals surface area contributed by atoms with Crippen LogP contribution in [0.2, 0.25) is 0 Å². The van der Waals surface area contributed by atoms with Crippen LogP contribution >= 0.6 is 11.3 Å². The highest BCUT2D eigenvalue weighted by Crippen LogP contribution is 2.50. The Morgan fingerprint density at radius 2 is 1.95 bits per heavy atom. The summed E-state index contributed by atoms with van der Waals surface area (Å²) >= 11 is 1.22. The Balaban J connectivity index is 1.55. The van der Waals surface area contributed by atoms with Gasteiger partial charge in [-0.15, -0.1) is 11.3 Å². The monoisotopic (exact) mass is 578 g/mol. The second-order valence-electron chi connectivity index (χ2n) is 11.2. The van der Waals surface area contributed by atoms with Crippen LogP contribution in [0.3, 0.4) is 0 Å². The summed E-state index contributed by atoms with van der Waals surface area (Å²) in [6, 6.07) is 7.64. The van der Waals surface area contributed by atoms with E-state index in [1.54, 1.807) is 30.1 Å². The number of likely N-dealkylation sites (N-methyl/N-ethyl adjacent to an activating group) is 1. The van der Waals surface area contributed by atoms with Crippen molar-refractivity contribution in [2.45, 2.75) is 57.3 Å². The van der Waals surface area contributed by atoms with Crippen LogP contribution in [0, 0.1) is 6.92 Å². The number of nitrogens with two attached hydrogens (primary N) is 3. The molecule has 3 unspecified atom stereocenters. The smallest absolute Gasteiger partial charge is 0.262 e. The molecule has 10 nitrogen and oxygen atoms in total. The van der Waals surface area contributed by atoms with Crippen LogP contribution in [0.15, 0.2) is 30.3 Å². The fourth-order valence-corrected chi connectivity index (χ4v) is 7.29. The number of ether oxygens (including phenoxy) is 1. The van der Waals surface area contributed by atoms with Crippen molar-refractivity contribution in [2.75, 3.05) is 32.4 Å². The number of hydrogen-bond acceptors (Lipinski definition) is 9. The van der Waals surface area contributed by atoms with E-state index in [1.807, 2.05) is 32.9 Å². The molecule has 0 saturated carbocycles. The molecule has 41 heavy (non-hydrogen) atoms. The second kappa shape index (κ2) is 11.1. The SMILES string of the molecule is CNCC(=O)N1CCCC(NC(=O)c2sc3c(N)ccc4c3c2C(N)C(=O)C4(N)c2ccc(OC(C)C)cc2C)C1. The summed E-state index contributed by atoms with van der Waals surface area (Å²) < 4.78 is 6.51. The Morgan fingerprint density at radius 3 is 2.63 bits per heavy atom. The molecule has 218 valence electrons. The van der Waals surface area contributed by atoms with Gasteiger partial charge in [0.1, 0.15) is 11.3 Å². The van der Waals surface area contributed by atoms with Crippen molar-refractivity contribution in [2.24, 2.45) is 11.5 Å². The molecule has 11 heteroatoms. The van der Waals surface area contributed by atoms with E-state index in [4.69, 9.17) is 21.9 Å². The summed E-state index contributed by atoms with van der Waals surface area (Å²) in [7, 11) is 1.73.